The molecular formula is C24H23Cl2N3O. The number of carbonyl (C=O) groups excluding carboxylic acids is 1. The Hall–Kier alpha value is -2.74. The lowest BCUT2D eigenvalue weighted by Gasteiger charge is -2.43. The highest BCUT2D eigenvalue weighted by Gasteiger charge is 2.30. The van der Waals surface area contributed by atoms with Crippen LogP contribution in [0.2, 0.25) is 10.0 Å². The van der Waals surface area contributed by atoms with E-state index >= 15 is 0 Å². The molecule has 4 nitrogen and oxygen atoms in total. The van der Waals surface area contributed by atoms with E-state index < -0.39 is 5.91 Å². The summed E-state index contributed by atoms with van der Waals surface area (Å²) in [6.45, 7) is 9.34. The van der Waals surface area contributed by atoms with Gasteiger partial charge in [0.25, 0.3) is 5.91 Å². The van der Waals surface area contributed by atoms with Crippen LogP contribution in [0.25, 0.3) is 11.6 Å². The van der Waals surface area contributed by atoms with E-state index in [-0.39, 0.29) is 11.1 Å². The maximum Gasteiger partial charge on any atom is 0.266 e. The van der Waals surface area contributed by atoms with Gasteiger partial charge in [-0.2, -0.15) is 5.26 Å². The molecule has 2 aromatic rings. The minimum Gasteiger partial charge on any atom is -0.363 e. The second kappa shape index (κ2) is 8.55. The predicted molar refractivity (Wildman–Crippen MR) is 126 cm³/mol. The first-order chi connectivity index (χ1) is 14.2. The van der Waals surface area contributed by atoms with Gasteiger partial charge in [-0.1, -0.05) is 29.3 Å². The Bertz CT molecular complexity index is 1090. The van der Waals surface area contributed by atoms with Crippen LogP contribution >= 0.6 is 23.2 Å². The summed E-state index contributed by atoms with van der Waals surface area (Å²) < 4.78 is 0. The van der Waals surface area contributed by atoms with Crippen LogP contribution < -0.4 is 10.2 Å². The first-order valence-corrected chi connectivity index (χ1v) is 10.4. The van der Waals surface area contributed by atoms with Gasteiger partial charge >= 0.3 is 0 Å². The van der Waals surface area contributed by atoms with E-state index in [0.717, 1.165) is 23.4 Å². The van der Waals surface area contributed by atoms with Crippen molar-refractivity contribution in [3.05, 3.63) is 69.2 Å². The molecule has 2 aromatic carbocycles. The van der Waals surface area contributed by atoms with E-state index in [1.807, 2.05) is 18.2 Å². The van der Waals surface area contributed by atoms with Crippen molar-refractivity contribution in [1.82, 2.24) is 0 Å². The zero-order valence-electron chi connectivity index (χ0n) is 17.4. The molecule has 6 heteroatoms. The lowest BCUT2D eigenvalue weighted by Crippen LogP contribution is -2.44. The fourth-order valence-electron chi connectivity index (χ4n) is 3.84. The molecule has 3 rings (SSSR count). The van der Waals surface area contributed by atoms with Crippen molar-refractivity contribution in [3.63, 3.8) is 0 Å². The van der Waals surface area contributed by atoms with Crippen molar-refractivity contribution in [2.45, 2.75) is 33.2 Å². The van der Waals surface area contributed by atoms with Crippen LogP contribution in [0.3, 0.4) is 0 Å². The molecule has 154 valence electrons. The zero-order chi connectivity index (χ0) is 22.1. The highest BCUT2D eigenvalue weighted by Crippen LogP contribution is 2.41. The zero-order valence-corrected chi connectivity index (χ0v) is 18.9. The van der Waals surface area contributed by atoms with Crippen molar-refractivity contribution < 1.29 is 4.79 Å². The summed E-state index contributed by atoms with van der Waals surface area (Å²) in [4.78, 5) is 14.9. The van der Waals surface area contributed by atoms with Gasteiger partial charge in [0, 0.05) is 33.5 Å². The molecule has 1 heterocycles. The second-order valence-corrected chi connectivity index (χ2v) is 8.59. The smallest absolute Gasteiger partial charge is 0.266 e. The number of allylic oxidation sites excluding steroid dienone is 1. The predicted octanol–water partition coefficient (Wildman–Crippen LogP) is 6.56. The van der Waals surface area contributed by atoms with Gasteiger partial charge in [0.1, 0.15) is 11.6 Å². The number of fused-ring (bicyclic) bond motifs is 1. The number of nitrogens with zero attached hydrogens (tertiary/aromatic N) is 2. The van der Waals surface area contributed by atoms with Gasteiger partial charge in [-0.05, 0) is 81.3 Å². The van der Waals surface area contributed by atoms with Crippen molar-refractivity contribution in [2.75, 3.05) is 16.8 Å². The number of anilines is 2. The van der Waals surface area contributed by atoms with Crippen molar-refractivity contribution in [3.8, 4) is 6.07 Å². The van der Waals surface area contributed by atoms with Crippen LogP contribution in [0.4, 0.5) is 11.4 Å². The molecule has 0 aromatic heterocycles. The highest BCUT2D eigenvalue weighted by molar-refractivity contribution is 6.33. The molecule has 1 aliphatic heterocycles. The third kappa shape index (κ3) is 4.38. The summed E-state index contributed by atoms with van der Waals surface area (Å²) in [5.41, 5.74) is 4.26. The van der Waals surface area contributed by atoms with Crippen LogP contribution in [0, 0.1) is 11.3 Å². The largest absolute Gasteiger partial charge is 0.363 e. The van der Waals surface area contributed by atoms with Gasteiger partial charge < -0.3 is 10.2 Å². The number of rotatable bonds is 4. The van der Waals surface area contributed by atoms with E-state index in [0.29, 0.717) is 21.3 Å². The van der Waals surface area contributed by atoms with Gasteiger partial charge in [0.15, 0.2) is 0 Å². The number of nitrogens with one attached hydrogen (secondary N) is 1. The monoisotopic (exact) mass is 439 g/mol. The number of nitriles is 1. The van der Waals surface area contributed by atoms with Crippen LogP contribution in [0.1, 0.15) is 38.8 Å². The summed E-state index contributed by atoms with van der Waals surface area (Å²) in [6, 6.07) is 12.5. The molecule has 0 radical (unpaired) electrons. The molecule has 0 saturated heterocycles. The first kappa shape index (κ1) is 22.0. The third-order valence-corrected chi connectivity index (χ3v) is 5.76. The van der Waals surface area contributed by atoms with Crippen molar-refractivity contribution in [2.24, 2.45) is 0 Å². The molecule has 0 atom stereocenters. The molecule has 30 heavy (non-hydrogen) atoms. The number of halogens is 2. The molecule has 0 aliphatic carbocycles. The van der Waals surface area contributed by atoms with E-state index in [9.17, 15) is 10.1 Å². The van der Waals surface area contributed by atoms with Gasteiger partial charge in [0.05, 0.1) is 5.54 Å². The number of benzene rings is 2. The fraction of sp³-hybridized carbons (Fsp3) is 0.250. The number of hydrogen-bond acceptors (Lipinski definition) is 3. The van der Waals surface area contributed by atoms with Crippen LogP contribution in [0.15, 0.2) is 48.0 Å². The summed E-state index contributed by atoms with van der Waals surface area (Å²) in [7, 11) is 0. The van der Waals surface area contributed by atoms with Gasteiger partial charge in [-0.3, -0.25) is 4.79 Å². The van der Waals surface area contributed by atoms with Crippen LogP contribution in [-0.4, -0.2) is 18.0 Å². The molecule has 1 aliphatic rings. The normalized spacial score (nSPS) is 15.2. The summed E-state index contributed by atoms with van der Waals surface area (Å²) in [5.74, 6) is -0.503. The molecule has 0 spiro atoms. The van der Waals surface area contributed by atoms with Gasteiger partial charge in [-0.15, -0.1) is 0 Å². The minimum absolute atomic E-state index is 0.0306. The molecule has 1 N–H and O–H groups in total. The van der Waals surface area contributed by atoms with Crippen molar-refractivity contribution in [1.29, 1.82) is 5.26 Å². The van der Waals surface area contributed by atoms with E-state index in [2.05, 4.69) is 44.0 Å². The van der Waals surface area contributed by atoms with E-state index in [1.54, 1.807) is 24.3 Å². The Morgan fingerprint density at radius 2 is 1.90 bits per heavy atom. The van der Waals surface area contributed by atoms with Crippen molar-refractivity contribution >= 4 is 52.1 Å². The summed E-state index contributed by atoms with van der Waals surface area (Å²) in [6.07, 6.45) is 3.75. The summed E-state index contributed by atoms with van der Waals surface area (Å²) >= 11 is 12.4. The quantitative estimate of drug-likeness (QED) is 0.433. The standard InChI is InChI=1S/C24H23Cl2N3O/c1-5-29-22-12-21(26)16(11-20(22)15(2)13-24(29,3)4)10-17(14-27)23(30)28-19-8-6-18(25)7-9-19/h6-13H,5H2,1-4H3,(H,28,30)/b17-10+. The maximum atomic E-state index is 12.6. The summed E-state index contributed by atoms with van der Waals surface area (Å²) in [5, 5.41) is 13.3. The maximum absolute atomic E-state index is 12.6. The second-order valence-electron chi connectivity index (χ2n) is 7.75. The lowest BCUT2D eigenvalue weighted by molar-refractivity contribution is -0.112. The average Bonchev–Trinajstić information content (AvgIpc) is 2.68. The SMILES string of the molecule is CCN1c2cc(Cl)c(/C=C(\C#N)C(=O)Nc3ccc(Cl)cc3)cc2C(C)=CC1(C)C. The van der Waals surface area contributed by atoms with Crippen LogP contribution in [-0.2, 0) is 4.79 Å². The Labute approximate surface area is 187 Å². The lowest BCUT2D eigenvalue weighted by atomic mass is 9.88. The number of amides is 1. The van der Waals surface area contributed by atoms with E-state index in [4.69, 9.17) is 23.2 Å². The highest BCUT2D eigenvalue weighted by atomic mass is 35.5. The van der Waals surface area contributed by atoms with Crippen LogP contribution in [0.5, 0.6) is 0 Å². The number of likely N-dealkylation sites (N-methyl/N-ethyl adjacent to an activating group) is 1. The minimum atomic E-state index is -0.503. The van der Waals surface area contributed by atoms with Gasteiger partial charge in [-0.25, -0.2) is 0 Å². The Morgan fingerprint density at radius 3 is 2.50 bits per heavy atom. The average molecular weight is 440 g/mol. The third-order valence-electron chi connectivity index (χ3n) is 5.18. The Kier molecular flexibility index (Phi) is 6.26. The molecule has 0 fully saturated rings. The topological polar surface area (TPSA) is 56.1 Å². The Morgan fingerprint density at radius 1 is 1.23 bits per heavy atom. The molecule has 0 bridgehead atoms. The number of hydrogen-bond donors (Lipinski definition) is 1. The molecule has 0 saturated carbocycles. The fourth-order valence-corrected chi connectivity index (χ4v) is 4.18. The van der Waals surface area contributed by atoms with Gasteiger partial charge in [0.2, 0.25) is 0 Å². The molecule has 1 amide bonds. The number of carbonyl (C=O) groups is 1. The molecular weight excluding hydrogens is 417 g/mol. The Balaban J connectivity index is 1.98. The molecule has 0 unspecified atom stereocenters. The first-order valence-electron chi connectivity index (χ1n) is 9.66. The van der Waals surface area contributed by atoms with E-state index in [1.165, 1.54) is 6.08 Å².